The zero-order valence-electron chi connectivity index (χ0n) is 10.3. The van der Waals surface area contributed by atoms with Gasteiger partial charge in [-0.3, -0.25) is 4.79 Å². The molecule has 0 radical (unpaired) electrons. The molecule has 0 aliphatic rings. The molecule has 4 heteroatoms. The van der Waals surface area contributed by atoms with E-state index in [4.69, 9.17) is 0 Å². The standard InChI is InChI=1S/C14H14FNOS/c1-9-10(2)18-8-12(9)7-16-14(17)11-3-5-13(15)6-4-11/h3-6,8H,7H2,1-2H3,(H,16,17). The van der Waals surface area contributed by atoms with Crippen LogP contribution >= 0.6 is 11.3 Å². The molecule has 0 fully saturated rings. The number of hydrogen-bond acceptors (Lipinski definition) is 2. The molecule has 0 aliphatic heterocycles. The van der Waals surface area contributed by atoms with Gasteiger partial charge in [-0.25, -0.2) is 4.39 Å². The van der Waals surface area contributed by atoms with Crippen molar-refractivity contribution < 1.29 is 9.18 Å². The number of thiophene rings is 1. The van der Waals surface area contributed by atoms with Crippen molar-refractivity contribution in [2.75, 3.05) is 0 Å². The summed E-state index contributed by atoms with van der Waals surface area (Å²) in [4.78, 5) is 13.1. The van der Waals surface area contributed by atoms with Gasteiger partial charge in [0.15, 0.2) is 0 Å². The number of hydrogen-bond donors (Lipinski definition) is 1. The third-order valence-corrected chi connectivity index (χ3v) is 4.00. The Labute approximate surface area is 109 Å². The summed E-state index contributed by atoms with van der Waals surface area (Å²) < 4.78 is 12.7. The molecule has 94 valence electrons. The number of nitrogens with one attached hydrogen (secondary N) is 1. The van der Waals surface area contributed by atoms with E-state index in [0.29, 0.717) is 12.1 Å². The Morgan fingerprint density at radius 1 is 1.28 bits per heavy atom. The van der Waals surface area contributed by atoms with E-state index in [0.717, 1.165) is 5.56 Å². The Bertz CT molecular complexity index is 560. The molecule has 1 aromatic carbocycles. The zero-order chi connectivity index (χ0) is 13.1. The number of aryl methyl sites for hydroxylation is 1. The van der Waals surface area contributed by atoms with Gasteiger partial charge in [0, 0.05) is 17.0 Å². The van der Waals surface area contributed by atoms with Gasteiger partial charge in [0.05, 0.1) is 0 Å². The monoisotopic (exact) mass is 263 g/mol. The summed E-state index contributed by atoms with van der Waals surface area (Å²) in [7, 11) is 0. The quantitative estimate of drug-likeness (QED) is 0.903. The van der Waals surface area contributed by atoms with Crippen LogP contribution in [0.3, 0.4) is 0 Å². The fourth-order valence-corrected chi connectivity index (χ4v) is 2.50. The van der Waals surface area contributed by atoms with Crippen molar-refractivity contribution in [1.82, 2.24) is 5.32 Å². The van der Waals surface area contributed by atoms with Crippen molar-refractivity contribution in [3.8, 4) is 0 Å². The Hall–Kier alpha value is -1.68. The largest absolute Gasteiger partial charge is 0.348 e. The lowest BCUT2D eigenvalue weighted by Gasteiger charge is -2.05. The van der Waals surface area contributed by atoms with Crippen LogP contribution in [0, 0.1) is 19.7 Å². The summed E-state index contributed by atoms with van der Waals surface area (Å²) in [5.74, 6) is -0.519. The maximum atomic E-state index is 12.7. The van der Waals surface area contributed by atoms with Crippen molar-refractivity contribution in [1.29, 1.82) is 0 Å². The fraction of sp³-hybridized carbons (Fsp3) is 0.214. The van der Waals surface area contributed by atoms with E-state index < -0.39 is 0 Å². The summed E-state index contributed by atoms with van der Waals surface area (Å²) in [6.07, 6.45) is 0. The molecule has 1 aromatic heterocycles. The molecule has 0 atom stereocenters. The lowest BCUT2D eigenvalue weighted by Crippen LogP contribution is -2.22. The van der Waals surface area contributed by atoms with Crippen LogP contribution in [0.15, 0.2) is 29.6 Å². The van der Waals surface area contributed by atoms with Gasteiger partial charge in [-0.2, -0.15) is 0 Å². The van der Waals surface area contributed by atoms with Crippen molar-refractivity contribution in [3.05, 3.63) is 57.0 Å². The average Bonchev–Trinajstić information content (AvgIpc) is 2.68. The van der Waals surface area contributed by atoms with Gasteiger partial charge in [0.2, 0.25) is 0 Å². The predicted octanol–water partition coefficient (Wildman–Crippen LogP) is 3.43. The first-order valence-electron chi connectivity index (χ1n) is 5.65. The first-order chi connectivity index (χ1) is 8.58. The molecular weight excluding hydrogens is 249 g/mol. The highest BCUT2D eigenvalue weighted by Gasteiger charge is 2.08. The van der Waals surface area contributed by atoms with Crippen molar-refractivity contribution in [2.45, 2.75) is 20.4 Å². The zero-order valence-corrected chi connectivity index (χ0v) is 11.1. The third-order valence-electron chi connectivity index (χ3n) is 2.93. The van der Waals surface area contributed by atoms with Crippen LogP contribution in [0.4, 0.5) is 4.39 Å². The van der Waals surface area contributed by atoms with Crippen LogP contribution in [0.25, 0.3) is 0 Å². The molecule has 0 saturated carbocycles. The summed E-state index contributed by atoms with van der Waals surface area (Å²) in [5.41, 5.74) is 2.83. The number of rotatable bonds is 3. The number of carbonyl (C=O) groups excluding carboxylic acids is 1. The highest BCUT2D eigenvalue weighted by molar-refractivity contribution is 7.10. The molecule has 0 bridgehead atoms. The Kier molecular flexibility index (Phi) is 3.77. The number of amides is 1. The third kappa shape index (κ3) is 2.76. The number of benzene rings is 1. The molecule has 0 saturated heterocycles. The molecule has 18 heavy (non-hydrogen) atoms. The van der Waals surface area contributed by atoms with Gasteiger partial charge < -0.3 is 5.32 Å². The lowest BCUT2D eigenvalue weighted by molar-refractivity contribution is 0.0951. The molecule has 0 unspecified atom stereocenters. The van der Waals surface area contributed by atoms with Crippen LogP contribution in [0.1, 0.15) is 26.4 Å². The minimum atomic E-state index is -0.337. The summed E-state index contributed by atoms with van der Waals surface area (Å²) in [6.45, 7) is 4.61. The normalized spacial score (nSPS) is 10.4. The van der Waals surface area contributed by atoms with Gasteiger partial charge >= 0.3 is 0 Å². The average molecular weight is 263 g/mol. The number of carbonyl (C=O) groups is 1. The molecular formula is C14H14FNOS. The molecule has 1 N–H and O–H groups in total. The van der Waals surface area contributed by atoms with Crippen LogP contribution < -0.4 is 5.32 Å². The van der Waals surface area contributed by atoms with Crippen LogP contribution in [-0.4, -0.2) is 5.91 Å². The Morgan fingerprint density at radius 3 is 2.50 bits per heavy atom. The van der Waals surface area contributed by atoms with Gasteiger partial charge in [-0.1, -0.05) is 0 Å². The summed E-state index contributed by atoms with van der Waals surface area (Å²) in [5, 5.41) is 4.89. The maximum absolute atomic E-state index is 12.7. The lowest BCUT2D eigenvalue weighted by atomic mass is 10.1. The van der Waals surface area contributed by atoms with Gasteiger partial charge in [0.25, 0.3) is 5.91 Å². The van der Waals surface area contributed by atoms with E-state index in [1.807, 2.05) is 6.92 Å². The van der Waals surface area contributed by atoms with Crippen molar-refractivity contribution in [3.63, 3.8) is 0 Å². The van der Waals surface area contributed by atoms with Crippen LogP contribution in [0.5, 0.6) is 0 Å². The second kappa shape index (κ2) is 5.31. The molecule has 1 heterocycles. The number of halogens is 1. The molecule has 2 aromatic rings. The summed E-state index contributed by atoms with van der Waals surface area (Å²) >= 11 is 1.68. The van der Waals surface area contributed by atoms with Crippen molar-refractivity contribution >= 4 is 17.2 Å². The Balaban J connectivity index is 2.00. The molecule has 0 spiro atoms. The molecule has 1 amide bonds. The van der Waals surface area contributed by atoms with Gasteiger partial charge in [0.1, 0.15) is 5.82 Å². The summed E-state index contributed by atoms with van der Waals surface area (Å²) in [6, 6.07) is 5.54. The van der Waals surface area contributed by atoms with E-state index in [1.54, 1.807) is 11.3 Å². The second-order valence-electron chi connectivity index (χ2n) is 4.13. The van der Waals surface area contributed by atoms with Crippen molar-refractivity contribution in [2.24, 2.45) is 0 Å². The highest BCUT2D eigenvalue weighted by Crippen LogP contribution is 2.20. The molecule has 0 aliphatic carbocycles. The van der Waals surface area contributed by atoms with E-state index in [2.05, 4.69) is 17.6 Å². The fourth-order valence-electron chi connectivity index (χ4n) is 1.62. The minimum absolute atomic E-state index is 0.182. The Morgan fingerprint density at radius 2 is 1.94 bits per heavy atom. The highest BCUT2D eigenvalue weighted by atomic mass is 32.1. The van der Waals surface area contributed by atoms with Gasteiger partial charge in [-0.05, 0) is 54.6 Å². The second-order valence-corrected chi connectivity index (χ2v) is 5.22. The minimum Gasteiger partial charge on any atom is -0.348 e. The van der Waals surface area contributed by atoms with E-state index >= 15 is 0 Å². The van der Waals surface area contributed by atoms with E-state index in [-0.39, 0.29) is 11.7 Å². The predicted molar refractivity (Wildman–Crippen MR) is 71.4 cm³/mol. The van der Waals surface area contributed by atoms with E-state index in [9.17, 15) is 9.18 Å². The first kappa shape index (κ1) is 12.8. The van der Waals surface area contributed by atoms with Crippen LogP contribution in [-0.2, 0) is 6.54 Å². The first-order valence-corrected chi connectivity index (χ1v) is 6.53. The molecule has 2 nitrogen and oxygen atoms in total. The smallest absolute Gasteiger partial charge is 0.251 e. The van der Waals surface area contributed by atoms with Gasteiger partial charge in [-0.15, -0.1) is 11.3 Å². The SMILES string of the molecule is Cc1scc(CNC(=O)c2ccc(F)cc2)c1C. The van der Waals surface area contributed by atoms with Crippen LogP contribution in [0.2, 0.25) is 0 Å². The topological polar surface area (TPSA) is 29.1 Å². The molecule has 2 rings (SSSR count). The maximum Gasteiger partial charge on any atom is 0.251 e. The van der Waals surface area contributed by atoms with E-state index in [1.165, 1.54) is 34.7 Å².